The van der Waals surface area contributed by atoms with Gasteiger partial charge in [-0.25, -0.2) is 0 Å². The minimum atomic E-state index is 0.169. The molecule has 0 aliphatic heterocycles. The van der Waals surface area contributed by atoms with Crippen molar-refractivity contribution in [1.82, 2.24) is 0 Å². The molecule has 0 spiro atoms. The second-order valence-corrected chi connectivity index (χ2v) is 9.25. The topological polar surface area (TPSA) is 23.8 Å². The molecule has 17 heavy (non-hydrogen) atoms. The maximum Gasteiger partial charge on any atom is 0.0653 e. The third-order valence-electron chi connectivity index (χ3n) is 2.84. The Labute approximate surface area is 121 Å². The number of halogens is 1. The highest BCUT2D eigenvalue weighted by Crippen LogP contribution is 2.30. The van der Waals surface area contributed by atoms with Crippen molar-refractivity contribution in [2.45, 2.75) is 63.7 Å². The Morgan fingerprint density at radius 1 is 1.24 bits per heavy atom. The summed E-state index contributed by atoms with van der Waals surface area (Å²) in [6.07, 6.45) is 8.99. The van der Waals surface area contributed by atoms with Crippen molar-refractivity contribution in [1.29, 1.82) is 5.26 Å². The van der Waals surface area contributed by atoms with Gasteiger partial charge in [0, 0.05) is 9.34 Å². The molecule has 98 valence electrons. The molecule has 0 aromatic carbocycles. The van der Waals surface area contributed by atoms with Crippen molar-refractivity contribution in [2.75, 3.05) is 0 Å². The number of nitriles is 1. The quantitative estimate of drug-likeness (QED) is 0.339. The van der Waals surface area contributed by atoms with Crippen molar-refractivity contribution in [3.05, 3.63) is 12.2 Å². The molecular weight excluding hydrogens is 321 g/mol. The first-order chi connectivity index (χ1) is 7.66. The minimum absolute atomic E-state index is 0.169. The van der Waals surface area contributed by atoms with Gasteiger partial charge in [0.25, 0.3) is 0 Å². The molecule has 0 saturated heterocycles. The Balaban J connectivity index is 3.92. The van der Waals surface area contributed by atoms with E-state index in [1.54, 1.807) is 0 Å². The zero-order valence-electron chi connectivity index (χ0n) is 11.9. The maximum absolute atomic E-state index is 8.83. The van der Waals surface area contributed by atoms with Crippen LogP contribution in [-0.2, 0) is 0 Å². The lowest BCUT2D eigenvalue weighted by Gasteiger charge is -2.25. The van der Waals surface area contributed by atoms with E-state index in [0.29, 0.717) is 3.42 Å². The molecule has 1 unspecified atom stereocenters. The molecule has 0 N–H and O–H groups in total. The average molecular weight is 347 g/mol. The number of rotatable bonds is 7. The van der Waals surface area contributed by atoms with Crippen LogP contribution in [0.15, 0.2) is 12.2 Å². The van der Waals surface area contributed by atoms with Crippen LogP contribution in [0.5, 0.6) is 0 Å². The Kier molecular flexibility index (Phi) is 7.39. The molecular formula is C15H26IN. The van der Waals surface area contributed by atoms with Crippen molar-refractivity contribution >= 4 is 22.6 Å². The number of hydrogen-bond donors (Lipinski definition) is 0. The highest BCUT2D eigenvalue weighted by Gasteiger charge is 2.20. The van der Waals surface area contributed by atoms with Gasteiger partial charge in [0.2, 0.25) is 0 Å². The van der Waals surface area contributed by atoms with Crippen LogP contribution in [0.4, 0.5) is 0 Å². The number of hydrogen-bond acceptors (Lipinski definition) is 1. The number of alkyl halides is 1. The first-order valence-corrected chi connectivity index (χ1v) is 7.48. The molecule has 0 saturated carbocycles. The molecule has 0 radical (unpaired) electrons. The van der Waals surface area contributed by atoms with Crippen LogP contribution >= 0.6 is 22.6 Å². The number of allylic oxidation sites excluding steroid dienone is 2. The standard InChI is InChI=1S/C15H26IN/c1-13(12-17)11-14(2,3)9-7-6-8-10-15(4,5)16/h6,8,13H,7,9-11H2,1-5H3/b8-6+. The molecule has 0 rings (SSSR count). The van der Waals surface area contributed by atoms with Gasteiger partial charge in [-0.3, -0.25) is 0 Å². The van der Waals surface area contributed by atoms with Crippen molar-refractivity contribution in [3.63, 3.8) is 0 Å². The summed E-state index contributed by atoms with van der Waals surface area (Å²) in [6.45, 7) is 11.0. The van der Waals surface area contributed by atoms with E-state index in [4.69, 9.17) is 5.26 Å². The highest BCUT2D eigenvalue weighted by molar-refractivity contribution is 14.1. The van der Waals surface area contributed by atoms with E-state index >= 15 is 0 Å². The first kappa shape index (κ1) is 17.0. The molecule has 0 bridgehead atoms. The molecule has 0 heterocycles. The number of nitrogens with zero attached hydrogens (tertiary/aromatic N) is 1. The Bertz CT molecular complexity index is 278. The summed E-state index contributed by atoms with van der Waals surface area (Å²) >= 11 is 2.48. The van der Waals surface area contributed by atoms with Crippen LogP contribution in [0.25, 0.3) is 0 Å². The third-order valence-corrected chi connectivity index (χ3v) is 3.28. The SMILES string of the molecule is CC(C#N)CC(C)(C)CC/C=C/CC(C)(C)I. The fourth-order valence-electron chi connectivity index (χ4n) is 1.93. The summed E-state index contributed by atoms with van der Waals surface area (Å²) in [5.41, 5.74) is 0.277. The molecule has 1 nitrogen and oxygen atoms in total. The maximum atomic E-state index is 8.83. The van der Waals surface area contributed by atoms with E-state index in [-0.39, 0.29) is 11.3 Å². The first-order valence-electron chi connectivity index (χ1n) is 6.40. The second kappa shape index (κ2) is 7.41. The zero-order valence-corrected chi connectivity index (χ0v) is 14.0. The summed E-state index contributed by atoms with van der Waals surface area (Å²) in [6, 6.07) is 2.32. The molecule has 0 aliphatic rings. The van der Waals surface area contributed by atoms with Crippen LogP contribution in [-0.4, -0.2) is 3.42 Å². The molecule has 0 amide bonds. The van der Waals surface area contributed by atoms with Crippen molar-refractivity contribution < 1.29 is 0 Å². The van der Waals surface area contributed by atoms with Gasteiger partial charge in [0.1, 0.15) is 0 Å². The highest BCUT2D eigenvalue weighted by atomic mass is 127. The lowest BCUT2D eigenvalue weighted by atomic mass is 9.80. The zero-order chi connectivity index (χ0) is 13.5. The Hall–Kier alpha value is -0.0400. The van der Waals surface area contributed by atoms with Gasteiger partial charge >= 0.3 is 0 Å². The summed E-state index contributed by atoms with van der Waals surface area (Å²) in [5, 5.41) is 8.83. The molecule has 2 heteroatoms. The van der Waals surface area contributed by atoms with Crippen LogP contribution in [0.3, 0.4) is 0 Å². The van der Waals surface area contributed by atoms with E-state index in [0.717, 1.165) is 25.7 Å². The van der Waals surface area contributed by atoms with Gasteiger partial charge in [-0.05, 0) is 38.0 Å². The summed E-state index contributed by atoms with van der Waals surface area (Å²) in [5.74, 6) is 0.169. The Morgan fingerprint density at radius 3 is 2.29 bits per heavy atom. The summed E-state index contributed by atoms with van der Waals surface area (Å²) in [4.78, 5) is 0. The molecule has 0 fully saturated rings. The normalized spacial score (nSPS) is 14.9. The lowest BCUT2D eigenvalue weighted by molar-refractivity contribution is 0.282. The van der Waals surface area contributed by atoms with Gasteiger partial charge in [0.15, 0.2) is 0 Å². The lowest BCUT2D eigenvalue weighted by Crippen LogP contribution is -2.14. The molecule has 0 aromatic heterocycles. The van der Waals surface area contributed by atoms with Crippen LogP contribution in [0.1, 0.15) is 60.3 Å². The smallest absolute Gasteiger partial charge is 0.0653 e. The monoisotopic (exact) mass is 347 g/mol. The van der Waals surface area contributed by atoms with Gasteiger partial charge in [-0.2, -0.15) is 5.26 Å². The summed E-state index contributed by atoms with van der Waals surface area (Å²) in [7, 11) is 0. The molecule has 0 aliphatic carbocycles. The van der Waals surface area contributed by atoms with Gasteiger partial charge < -0.3 is 0 Å². The van der Waals surface area contributed by atoms with Gasteiger partial charge in [-0.15, -0.1) is 0 Å². The Morgan fingerprint density at radius 2 is 1.82 bits per heavy atom. The van der Waals surface area contributed by atoms with Crippen LogP contribution in [0, 0.1) is 22.7 Å². The predicted octanol–water partition coefficient (Wildman–Crippen LogP) is 5.50. The van der Waals surface area contributed by atoms with E-state index in [2.05, 4.69) is 68.5 Å². The predicted molar refractivity (Wildman–Crippen MR) is 84.3 cm³/mol. The van der Waals surface area contributed by atoms with E-state index in [9.17, 15) is 0 Å². The third kappa shape index (κ3) is 10.8. The van der Waals surface area contributed by atoms with Gasteiger partial charge in [0.05, 0.1) is 6.07 Å². The summed E-state index contributed by atoms with van der Waals surface area (Å²) < 4.78 is 0.360. The van der Waals surface area contributed by atoms with Gasteiger partial charge in [-0.1, -0.05) is 62.4 Å². The van der Waals surface area contributed by atoms with Crippen molar-refractivity contribution in [2.24, 2.45) is 11.3 Å². The largest absolute Gasteiger partial charge is 0.198 e. The minimum Gasteiger partial charge on any atom is -0.198 e. The van der Waals surface area contributed by atoms with E-state index in [1.807, 2.05) is 6.92 Å². The fourth-order valence-corrected chi connectivity index (χ4v) is 2.19. The van der Waals surface area contributed by atoms with E-state index < -0.39 is 0 Å². The molecule has 0 aromatic rings. The van der Waals surface area contributed by atoms with Crippen LogP contribution < -0.4 is 0 Å². The average Bonchev–Trinajstić information content (AvgIpc) is 2.14. The van der Waals surface area contributed by atoms with E-state index in [1.165, 1.54) is 0 Å². The fraction of sp³-hybridized carbons (Fsp3) is 0.800. The van der Waals surface area contributed by atoms with Crippen molar-refractivity contribution in [3.8, 4) is 6.07 Å². The van der Waals surface area contributed by atoms with Crippen LogP contribution in [0.2, 0.25) is 0 Å². The molecule has 1 atom stereocenters. The second-order valence-electron chi connectivity index (χ2n) is 6.33.